The minimum Gasteiger partial charge on any atom is -0.475 e. The highest BCUT2D eigenvalue weighted by Gasteiger charge is 2.25. The van der Waals surface area contributed by atoms with Crippen LogP contribution in [0.25, 0.3) is 0 Å². The molecule has 1 aromatic rings. The summed E-state index contributed by atoms with van der Waals surface area (Å²) < 4.78 is 31.1. The van der Waals surface area contributed by atoms with E-state index in [0.29, 0.717) is 0 Å². The number of carboxylic acid groups (broad SMARTS) is 1. The molecule has 1 aliphatic carbocycles. The maximum absolute atomic E-state index is 12.0. The van der Waals surface area contributed by atoms with Crippen molar-refractivity contribution in [3.63, 3.8) is 0 Å². The summed E-state index contributed by atoms with van der Waals surface area (Å²) >= 11 is 0. The zero-order chi connectivity index (χ0) is 15.6. The smallest absolute Gasteiger partial charge is 0.371 e. The molecular formula is C12H16N2O6S. The van der Waals surface area contributed by atoms with Crippen LogP contribution in [0.5, 0.6) is 0 Å². The first-order valence-corrected chi connectivity index (χ1v) is 7.90. The molecule has 8 nitrogen and oxygen atoms in total. The number of hydrogen-bond donors (Lipinski definition) is 3. The van der Waals surface area contributed by atoms with E-state index in [9.17, 15) is 18.0 Å². The fraction of sp³-hybridized carbons (Fsp3) is 0.500. The molecule has 0 aromatic carbocycles. The first kappa shape index (κ1) is 15.5. The van der Waals surface area contributed by atoms with E-state index in [0.717, 1.165) is 18.9 Å². The molecule has 1 aliphatic rings. The van der Waals surface area contributed by atoms with Gasteiger partial charge in [-0.3, -0.25) is 4.79 Å². The van der Waals surface area contributed by atoms with Crippen LogP contribution in [0.3, 0.4) is 0 Å². The Bertz CT molecular complexity index is 659. The average molecular weight is 316 g/mol. The molecule has 0 aliphatic heterocycles. The monoisotopic (exact) mass is 316 g/mol. The molecule has 1 saturated carbocycles. The maximum atomic E-state index is 12.0. The van der Waals surface area contributed by atoms with Gasteiger partial charge in [0.05, 0.1) is 0 Å². The van der Waals surface area contributed by atoms with Crippen molar-refractivity contribution in [1.29, 1.82) is 0 Å². The molecule has 0 unspecified atom stereocenters. The highest BCUT2D eigenvalue weighted by Crippen LogP contribution is 2.20. The molecular weight excluding hydrogens is 300 g/mol. The van der Waals surface area contributed by atoms with Gasteiger partial charge < -0.3 is 14.8 Å². The molecule has 1 heterocycles. The van der Waals surface area contributed by atoms with E-state index in [1.807, 2.05) is 0 Å². The van der Waals surface area contributed by atoms with Crippen LogP contribution >= 0.6 is 0 Å². The van der Waals surface area contributed by atoms with Crippen molar-refractivity contribution in [2.45, 2.75) is 37.1 Å². The van der Waals surface area contributed by atoms with Gasteiger partial charge in [-0.2, -0.15) is 0 Å². The van der Waals surface area contributed by atoms with Crippen LogP contribution in [-0.2, 0) is 14.8 Å². The Labute approximate surface area is 121 Å². The molecule has 116 valence electrons. The van der Waals surface area contributed by atoms with Gasteiger partial charge in [0, 0.05) is 25.1 Å². The van der Waals surface area contributed by atoms with Gasteiger partial charge in [-0.05, 0) is 19.8 Å². The number of hydrogen-bond acceptors (Lipinski definition) is 5. The topological polar surface area (TPSA) is 126 Å². The maximum Gasteiger partial charge on any atom is 0.371 e. The number of carbonyl (C=O) groups excluding carboxylic acids is 1. The van der Waals surface area contributed by atoms with Crippen molar-refractivity contribution >= 4 is 21.9 Å². The number of furan rings is 1. The SMILES string of the molecule is Cc1oc(C(=O)O)cc1S(=O)(=O)NCCC(=O)NC1CC1. The first-order chi connectivity index (χ1) is 9.79. The number of carboxylic acids is 1. The van der Waals surface area contributed by atoms with E-state index in [2.05, 4.69) is 10.0 Å². The van der Waals surface area contributed by atoms with Crippen molar-refractivity contribution in [1.82, 2.24) is 10.0 Å². The molecule has 3 N–H and O–H groups in total. The van der Waals surface area contributed by atoms with Gasteiger partial charge in [-0.15, -0.1) is 0 Å². The van der Waals surface area contributed by atoms with Gasteiger partial charge in [-0.25, -0.2) is 17.9 Å². The lowest BCUT2D eigenvalue weighted by Crippen LogP contribution is -2.31. The van der Waals surface area contributed by atoms with Crippen molar-refractivity contribution in [2.75, 3.05) is 6.54 Å². The Morgan fingerprint density at radius 1 is 1.43 bits per heavy atom. The summed E-state index contributed by atoms with van der Waals surface area (Å²) in [6.07, 6.45) is 1.95. The second-order valence-corrected chi connectivity index (χ2v) is 6.56. The molecule has 0 bridgehead atoms. The summed E-state index contributed by atoms with van der Waals surface area (Å²) in [4.78, 5) is 21.9. The highest BCUT2D eigenvalue weighted by molar-refractivity contribution is 7.89. The lowest BCUT2D eigenvalue weighted by atomic mass is 10.4. The minimum absolute atomic E-state index is 0.0117. The molecule has 1 fully saturated rings. The van der Waals surface area contributed by atoms with Crippen LogP contribution in [0.15, 0.2) is 15.4 Å². The van der Waals surface area contributed by atoms with Crippen LogP contribution in [-0.4, -0.2) is 38.0 Å². The van der Waals surface area contributed by atoms with Crippen molar-refractivity contribution in [3.05, 3.63) is 17.6 Å². The largest absolute Gasteiger partial charge is 0.475 e. The van der Waals surface area contributed by atoms with Gasteiger partial charge in [0.15, 0.2) is 0 Å². The summed E-state index contributed by atoms with van der Waals surface area (Å²) in [6, 6.07) is 1.17. The number of carbonyl (C=O) groups is 2. The molecule has 0 spiro atoms. The van der Waals surface area contributed by atoms with Gasteiger partial charge in [0.1, 0.15) is 10.7 Å². The second-order valence-electron chi connectivity index (χ2n) is 4.83. The van der Waals surface area contributed by atoms with E-state index in [-0.39, 0.29) is 35.6 Å². The highest BCUT2D eigenvalue weighted by atomic mass is 32.2. The molecule has 1 amide bonds. The Morgan fingerprint density at radius 2 is 2.10 bits per heavy atom. The second kappa shape index (κ2) is 5.86. The van der Waals surface area contributed by atoms with Crippen molar-refractivity contribution < 1.29 is 27.5 Å². The number of aryl methyl sites for hydroxylation is 1. The van der Waals surface area contributed by atoms with E-state index < -0.39 is 21.8 Å². The summed E-state index contributed by atoms with van der Waals surface area (Å²) in [5.74, 6) is -2.01. The first-order valence-electron chi connectivity index (χ1n) is 6.42. The van der Waals surface area contributed by atoms with Crippen LogP contribution < -0.4 is 10.0 Å². The fourth-order valence-corrected chi connectivity index (χ4v) is 2.95. The van der Waals surface area contributed by atoms with E-state index >= 15 is 0 Å². The summed E-state index contributed by atoms with van der Waals surface area (Å²) in [5, 5.41) is 11.5. The van der Waals surface area contributed by atoms with E-state index in [1.165, 1.54) is 6.92 Å². The molecule has 21 heavy (non-hydrogen) atoms. The third kappa shape index (κ3) is 4.05. The molecule has 0 atom stereocenters. The van der Waals surface area contributed by atoms with Gasteiger partial charge in [0.25, 0.3) is 0 Å². The predicted molar refractivity (Wildman–Crippen MR) is 71.4 cm³/mol. The summed E-state index contributed by atoms with van der Waals surface area (Å²) in [7, 11) is -3.90. The number of rotatable bonds is 7. The number of amides is 1. The lowest BCUT2D eigenvalue weighted by Gasteiger charge is -2.06. The van der Waals surface area contributed by atoms with Crippen LogP contribution in [0.2, 0.25) is 0 Å². The average Bonchev–Trinajstić information content (AvgIpc) is 3.07. The van der Waals surface area contributed by atoms with Crippen molar-refractivity contribution in [3.8, 4) is 0 Å². The minimum atomic E-state index is -3.90. The third-order valence-corrected chi connectivity index (χ3v) is 4.53. The van der Waals surface area contributed by atoms with E-state index in [1.54, 1.807) is 0 Å². The third-order valence-electron chi connectivity index (χ3n) is 2.96. The molecule has 0 saturated heterocycles. The number of sulfonamides is 1. The summed E-state index contributed by atoms with van der Waals surface area (Å²) in [6.45, 7) is 1.30. The normalized spacial score (nSPS) is 14.9. The van der Waals surface area contributed by atoms with Crippen LogP contribution in [0.1, 0.15) is 35.6 Å². The van der Waals surface area contributed by atoms with Crippen LogP contribution in [0.4, 0.5) is 0 Å². The number of nitrogens with one attached hydrogen (secondary N) is 2. The molecule has 1 aromatic heterocycles. The summed E-state index contributed by atoms with van der Waals surface area (Å²) in [5.41, 5.74) is 0. The van der Waals surface area contributed by atoms with Gasteiger partial charge >= 0.3 is 5.97 Å². The zero-order valence-electron chi connectivity index (χ0n) is 11.4. The zero-order valence-corrected chi connectivity index (χ0v) is 12.2. The Balaban J connectivity index is 1.94. The van der Waals surface area contributed by atoms with Gasteiger partial charge in [-0.1, -0.05) is 0 Å². The molecule has 0 radical (unpaired) electrons. The lowest BCUT2D eigenvalue weighted by molar-refractivity contribution is -0.121. The van der Waals surface area contributed by atoms with E-state index in [4.69, 9.17) is 9.52 Å². The Kier molecular flexibility index (Phi) is 4.33. The van der Waals surface area contributed by atoms with Gasteiger partial charge in [0.2, 0.25) is 21.7 Å². The molecule has 2 rings (SSSR count). The van der Waals surface area contributed by atoms with Crippen molar-refractivity contribution in [2.24, 2.45) is 0 Å². The Morgan fingerprint density at radius 3 is 2.62 bits per heavy atom. The fourth-order valence-electron chi connectivity index (χ4n) is 1.74. The predicted octanol–water partition coefficient (Wildman–Crippen LogP) is 0.233. The van der Waals surface area contributed by atoms with Crippen LogP contribution in [0, 0.1) is 6.92 Å². The Hall–Kier alpha value is -1.87. The standard InChI is InChI=1S/C12H16N2O6S/c1-7-10(6-9(20-7)12(16)17)21(18,19)13-5-4-11(15)14-8-2-3-8/h6,8,13H,2-5H2,1H3,(H,14,15)(H,16,17). The number of aromatic carboxylic acids is 1. The molecule has 9 heteroatoms. The quantitative estimate of drug-likeness (QED) is 0.661.